The molecular formula is C71H132O8S4. The van der Waals surface area contributed by atoms with Crippen molar-refractivity contribution in [1.82, 2.24) is 0 Å². The first-order chi connectivity index (χ1) is 38.1. The molecule has 0 radical (unpaired) electrons. The van der Waals surface area contributed by atoms with Crippen LogP contribution in [0.3, 0.4) is 0 Å². The van der Waals surface area contributed by atoms with Crippen molar-refractivity contribution in [3.63, 3.8) is 0 Å². The van der Waals surface area contributed by atoms with E-state index in [-0.39, 0.29) is 49.4 Å². The molecule has 83 heavy (non-hydrogen) atoms. The molecule has 0 aliphatic rings. The zero-order valence-electron chi connectivity index (χ0n) is 57.6. The van der Waals surface area contributed by atoms with Crippen molar-refractivity contribution in [1.29, 1.82) is 0 Å². The molecule has 0 amide bonds. The van der Waals surface area contributed by atoms with E-state index in [1.165, 1.54) is 34.4 Å². The molecule has 0 N–H and O–H groups in total. The van der Waals surface area contributed by atoms with Crippen LogP contribution in [-0.4, -0.2) is 82.8 Å². The lowest BCUT2D eigenvalue weighted by Gasteiger charge is -2.17. The van der Waals surface area contributed by atoms with Gasteiger partial charge in [0, 0.05) is 84.6 Å². The number of ketones is 4. The number of benzene rings is 2. The third-order valence-electron chi connectivity index (χ3n) is 11.4. The van der Waals surface area contributed by atoms with Gasteiger partial charge in [-0.05, 0) is 167 Å². The van der Waals surface area contributed by atoms with Crippen molar-refractivity contribution in [3.8, 4) is 11.5 Å². The van der Waals surface area contributed by atoms with Crippen molar-refractivity contribution in [2.24, 2.45) is 35.5 Å². The summed E-state index contributed by atoms with van der Waals surface area (Å²) in [7, 11) is 7.63. The maximum atomic E-state index is 11.3. The molecule has 0 saturated carbocycles. The Kier molecular flexibility index (Phi) is 61.2. The molecule has 0 bridgehead atoms. The monoisotopic (exact) mass is 1240 g/mol. The first kappa shape index (κ1) is 89.8. The Morgan fingerprint density at radius 2 is 0.735 bits per heavy atom. The SMILES string of the molecule is C.CC(C)Cc1ccc(OC(C)C)cc1.CC(C)OCCCC(=O)C(C)C.CC(C)OCCCCC(=O)C(C)C.CC(C)SSCCCC(=O)C(C)C.CC(C)SSCCCCC(=O)C(C)C.Cc1cc(CC(C)C)cc(C)c1OC(C)C. The summed E-state index contributed by atoms with van der Waals surface area (Å²) in [6.07, 6.45) is 12.3. The van der Waals surface area contributed by atoms with Gasteiger partial charge in [0.25, 0.3) is 0 Å². The van der Waals surface area contributed by atoms with Crippen molar-refractivity contribution in [3.05, 3.63) is 58.7 Å². The summed E-state index contributed by atoms with van der Waals surface area (Å²) in [4.78, 5) is 44.8. The highest BCUT2D eigenvalue weighted by atomic mass is 33.1. The minimum Gasteiger partial charge on any atom is -0.491 e. The topological polar surface area (TPSA) is 105 Å². The molecule has 2 aromatic rings. The molecule has 12 heteroatoms. The van der Waals surface area contributed by atoms with E-state index in [9.17, 15) is 19.2 Å². The van der Waals surface area contributed by atoms with Crippen LogP contribution in [-0.2, 0) is 41.5 Å². The van der Waals surface area contributed by atoms with Crippen LogP contribution in [0.4, 0.5) is 0 Å². The molecule has 2 aromatic carbocycles. The van der Waals surface area contributed by atoms with E-state index in [1.807, 2.05) is 140 Å². The highest BCUT2D eigenvalue weighted by Gasteiger charge is 2.11. The Morgan fingerprint density at radius 1 is 0.398 bits per heavy atom. The van der Waals surface area contributed by atoms with Gasteiger partial charge in [-0.3, -0.25) is 19.2 Å². The number of hydrogen-bond acceptors (Lipinski definition) is 12. The van der Waals surface area contributed by atoms with E-state index in [2.05, 4.69) is 119 Å². The quantitative estimate of drug-likeness (QED) is 0.0479. The number of carbonyl (C=O) groups is 4. The maximum absolute atomic E-state index is 11.3. The molecule has 488 valence electrons. The average Bonchev–Trinajstić information content (AvgIpc) is 3.35. The molecule has 0 atom stereocenters. The van der Waals surface area contributed by atoms with E-state index in [0.29, 0.717) is 71.0 Å². The number of carbonyl (C=O) groups excluding carboxylic acids is 4. The molecule has 0 aliphatic carbocycles. The van der Waals surface area contributed by atoms with Gasteiger partial charge in [0.1, 0.15) is 34.6 Å². The molecule has 2 rings (SSSR count). The van der Waals surface area contributed by atoms with Crippen LogP contribution in [0, 0.1) is 49.4 Å². The van der Waals surface area contributed by atoms with Gasteiger partial charge >= 0.3 is 0 Å². The molecule has 8 nitrogen and oxygen atoms in total. The molecule has 0 unspecified atom stereocenters. The van der Waals surface area contributed by atoms with E-state index >= 15 is 0 Å². The summed E-state index contributed by atoms with van der Waals surface area (Å²) >= 11 is 0. The summed E-state index contributed by atoms with van der Waals surface area (Å²) in [6.45, 7) is 55.5. The fraction of sp³-hybridized carbons (Fsp3) is 0.775. The summed E-state index contributed by atoms with van der Waals surface area (Å²) in [5, 5.41) is 1.39. The zero-order chi connectivity index (χ0) is 63.9. The van der Waals surface area contributed by atoms with Gasteiger partial charge in [0.05, 0.1) is 24.4 Å². The standard InChI is InChI=1S/C15H24O.C13H20O.C11H22O2.C11H22OS2.C10H20O2.C10H20OS2.CH4/c1-10(2)7-14-8-12(5)15(13(6)9-14)16-11(3)4;1-10(2)9-12-5-7-13(8-6-12)14-11(3)4;1-9(2)11(12)7-5-6-8-13-10(3)4;1-9(2)11(12)7-5-6-8-13-14-10(3)4;1-8(2)10(11)6-5-7-12-9(3)4;1-8(2)10(11)6-5-7-12-13-9(3)4;/h8-11H,7H2,1-6H3;5-8,10-11H,9H2,1-4H3;9-10H,5-8H2,1-4H3;9-10H,5-8H2,1-4H3;8-9H,5-7H2,1-4H3;8-9H,5-7H2,1-4H3;1H4. The number of aryl methyl sites for hydroxylation is 2. The molecule has 0 fully saturated rings. The third kappa shape index (κ3) is 62.9. The molecule has 0 spiro atoms. The van der Waals surface area contributed by atoms with E-state index in [0.717, 1.165) is 81.6 Å². The van der Waals surface area contributed by atoms with Gasteiger partial charge in [-0.1, -0.05) is 186 Å². The first-order valence-corrected chi connectivity index (χ1v) is 36.3. The van der Waals surface area contributed by atoms with Crippen LogP contribution in [0.2, 0.25) is 0 Å². The van der Waals surface area contributed by atoms with Gasteiger partial charge in [-0.2, -0.15) is 0 Å². The van der Waals surface area contributed by atoms with Gasteiger partial charge in [0.2, 0.25) is 0 Å². The second-order valence-corrected chi connectivity index (χ2v) is 31.2. The van der Waals surface area contributed by atoms with Gasteiger partial charge in [0.15, 0.2) is 0 Å². The number of ether oxygens (including phenoxy) is 4. The maximum Gasteiger partial charge on any atom is 0.135 e. The molecular weight excluding hydrogens is 1110 g/mol. The van der Waals surface area contributed by atoms with Crippen molar-refractivity contribution < 1.29 is 38.1 Å². The van der Waals surface area contributed by atoms with E-state index in [4.69, 9.17) is 18.9 Å². The Morgan fingerprint density at radius 3 is 1.08 bits per heavy atom. The van der Waals surface area contributed by atoms with Crippen LogP contribution in [0.15, 0.2) is 36.4 Å². The van der Waals surface area contributed by atoms with Gasteiger partial charge < -0.3 is 18.9 Å². The highest BCUT2D eigenvalue weighted by molar-refractivity contribution is 8.77. The minimum absolute atomic E-state index is 0. The Hall–Kier alpha value is -1.96. The highest BCUT2D eigenvalue weighted by Crippen LogP contribution is 2.29. The largest absolute Gasteiger partial charge is 0.491 e. The predicted molar refractivity (Wildman–Crippen MR) is 376 cm³/mol. The average molecular weight is 1240 g/mol. The van der Waals surface area contributed by atoms with Crippen LogP contribution < -0.4 is 9.47 Å². The van der Waals surface area contributed by atoms with Gasteiger partial charge in [-0.15, -0.1) is 0 Å². The Bertz CT molecular complexity index is 1770. The fourth-order valence-corrected chi connectivity index (χ4v) is 11.3. The number of Topliss-reactive ketones (excluding diaryl/α,β-unsaturated/α-hetero) is 4. The van der Waals surface area contributed by atoms with Crippen molar-refractivity contribution in [2.45, 2.75) is 299 Å². The zero-order valence-corrected chi connectivity index (χ0v) is 60.9. The lowest BCUT2D eigenvalue weighted by molar-refractivity contribution is -0.123. The van der Waals surface area contributed by atoms with Crippen LogP contribution in [0.1, 0.15) is 260 Å². The molecule has 0 heterocycles. The summed E-state index contributed by atoms with van der Waals surface area (Å²) in [5.74, 6) is 8.01. The Balaban J connectivity index is -0.000000293. The third-order valence-corrected chi connectivity index (χ3v) is 17.5. The minimum atomic E-state index is 0. The van der Waals surface area contributed by atoms with E-state index < -0.39 is 0 Å². The van der Waals surface area contributed by atoms with Crippen molar-refractivity contribution >= 4 is 66.3 Å². The summed E-state index contributed by atoms with van der Waals surface area (Å²) < 4.78 is 22.1. The van der Waals surface area contributed by atoms with E-state index in [1.54, 1.807) is 0 Å². The summed E-state index contributed by atoms with van der Waals surface area (Å²) in [5.41, 5.74) is 5.31. The molecule has 0 saturated heterocycles. The smallest absolute Gasteiger partial charge is 0.135 e. The number of unbranched alkanes of at least 4 members (excludes halogenated alkanes) is 2. The lowest BCUT2D eigenvalue weighted by atomic mass is 9.98. The summed E-state index contributed by atoms with van der Waals surface area (Å²) in [6, 6.07) is 12.9. The molecule has 0 aromatic heterocycles. The second-order valence-electron chi connectivity index (χ2n) is 25.1. The number of hydrogen-bond donors (Lipinski definition) is 0. The predicted octanol–water partition coefficient (Wildman–Crippen LogP) is 21.8. The van der Waals surface area contributed by atoms with Crippen LogP contribution in [0.5, 0.6) is 11.5 Å². The van der Waals surface area contributed by atoms with Crippen LogP contribution in [0.25, 0.3) is 0 Å². The van der Waals surface area contributed by atoms with Gasteiger partial charge in [-0.25, -0.2) is 0 Å². The fourth-order valence-electron chi connectivity index (χ4n) is 7.07. The second kappa shape index (κ2) is 56.5. The van der Waals surface area contributed by atoms with Crippen molar-refractivity contribution in [2.75, 3.05) is 24.7 Å². The first-order valence-electron chi connectivity index (χ1n) is 31.6. The lowest BCUT2D eigenvalue weighted by Crippen LogP contribution is -2.09. The number of rotatable bonds is 36. The van der Waals surface area contributed by atoms with Crippen LogP contribution >= 0.6 is 43.2 Å². The Labute approximate surface area is 530 Å². The molecule has 0 aliphatic heterocycles. The normalized spacial score (nSPS) is 11.1.